The Kier molecular flexibility index (Phi) is 3.91. The van der Waals surface area contributed by atoms with E-state index >= 15 is 0 Å². The van der Waals surface area contributed by atoms with Crippen molar-refractivity contribution in [3.63, 3.8) is 0 Å². The smallest absolute Gasteiger partial charge is 0.143 e. The molecule has 0 aliphatic rings. The van der Waals surface area contributed by atoms with Crippen LogP contribution in [0.3, 0.4) is 0 Å². The van der Waals surface area contributed by atoms with Gasteiger partial charge in [0, 0.05) is 27.3 Å². The third kappa shape index (κ3) is 2.65. The van der Waals surface area contributed by atoms with E-state index in [9.17, 15) is 0 Å². The van der Waals surface area contributed by atoms with Crippen LogP contribution in [0.25, 0.3) is 22.4 Å². The Morgan fingerprint density at radius 3 is 2.81 bits per heavy atom. The average Bonchev–Trinajstić information content (AvgIpc) is 2.80. The first kappa shape index (κ1) is 14.4. The van der Waals surface area contributed by atoms with Gasteiger partial charge in [-0.15, -0.1) is 0 Å². The minimum atomic E-state index is 0.716. The summed E-state index contributed by atoms with van der Waals surface area (Å²) >= 11 is 9.63. The van der Waals surface area contributed by atoms with Gasteiger partial charge in [0.25, 0.3) is 0 Å². The number of hydrogen-bond acceptors (Lipinski definition) is 2. The van der Waals surface area contributed by atoms with Crippen molar-refractivity contribution in [2.24, 2.45) is 0 Å². The molecule has 3 aromatic rings. The molecule has 0 aliphatic heterocycles. The van der Waals surface area contributed by atoms with Crippen molar-refractivity contribution >= 4 is 44.3 Å². The number of nitrogens with two attached hydrogens (primary N) is 1. The van der Waals surface area contributed by atoms with Gasteiger partial charge in [-0.3, -0.25) is 0 Å². The summed E-state index contributed by atoms with van der Waals surface area (Å²) in [4.78, 5) is 4.75. The summed E-state index contributed by atoms with van der Waals surface area (Å²) in [5, 5.41) is 0.716. The first-order chi connectivity index (χ1) is 10.1. The number of fused-ring (bicyclic) bond motifs is 1. The monoisotopic (exact) mass is 363 g/mol. The number of nitrogen functional groups attached to an aromatic ring is 1. The zero-order valence-corrected chi connectivity index (χ0v) is 13.9. The number of rotatable bonds is 3. The van der Waals surface area contributed by atoms with Crippen molar-refractivity contribution in [2.75, 3.05) is 5.73 Å². The summed E-state index contributed by atoms with van der Waals surface area (Å²) in [6.07, 6.45) is 1.01. The van der Waals surface area contributed by atoms with Crippen LogP contribution in [-0.4, -0.2) is 9.55 Å². The molecule has 108 valence electrons. The SMILES string of the molecule is CCCn1c(-c2cc(Br)ccc2N)nc2ccc(Cl)cc21. The predicted molar refractivity (Wildman–Crippen MR) is 92.6 cm³/mol. The Hall–Kier alpha value is -1.52. The predicted octanol–water partition coefficient (Wildman–Crippen LogP) is 5.11. The summed E-state index contributed by atoms with van der Waals surface area (Å²) in [5.74, 6) is 0.882. The van der Waals surface area contributed by atoms with Gasteiger partial charge in [-0.05, 0) is 42.8 Å². The van der Waals surface area contributed by atoms with E-state index in [0.717, 1.165) is 45.5 Å². The van der Waals surface area contributed by atoms with E-state index < -0.39 is 0 Å². The highest BCUT2D eigenvalue weighted by Gasteiger charge is 2.15. The summed E-state index contributed by atoms with van der Waals surface area (Å²) in [6.45, 7) is 3.02. The van der Waals surface area contributed by atoms with Crippen LogP contribution < -0.4 is 5.73 Å². The lowest BCUT2D eigenvalue weighted by atomic mass is 10.1. The second-order valence-electron chi connectivity index (χ2n) is 4.95. The normalized spacial score (nSPS) is 11.2. The van der Waals surface area contributed by atoms with E-state index in [-0.39, 0.29) is 0 Å². The highest BCUT2D eigenvalue weighted by atomic mass is 79.9. The van der Waals surface area contributed by atoms with E-state index in [0.29, 0.717) is 5.02 Å². The molecule has 2 aromatic carbocycles. The number of nitrogens with zero attached hydrogens (tertiary/aromatic N) is 2. The van der Waals surface area contributed by atoms with Crippen molar-refractivity contribution in [1.82, 2.24) is 9.55 Å². The van der Waals surface area contributed by atoms with Gasteiger partial charge < -0.3 is 10.3 Å². The number of aryl methyl sites for hydroxylation is 1. The van der Waals surface area contributed by atoms with Gasteiger partial charge in [-0.25, -0.2) is 4.98 Å². The number of aromatic nitrogens is 2. The van der Waals surface area contributed by atoms with Crippen molar-refractivity contribution in [2.45, 2.75) is 19.9 Å². The minimum Gasteiger partial charge on any atom is -0.398 e. The molecular formula is C16H15BrClN3. The summed E-state index contributed by atoms with van der Waals surface area (Å²) in [7, 11) is 0. The van der Waals surface area contributed by atoms with E-state index in [1.165, 1.54) is 0 Å². The first-order valence-corrected chi connectivity index (χ1v) is 7.98. The number of benzene rings is 2. The lowest BCUT2D eigenvalue weighted by Gasteiger charge is -2.10. The van der Waals surface area contributed by atoms with Gasteiger partial charge in [0.15, 0.2) is 0 Å². The summed E-state index contributed by atoms with van der Waals surface area (Å²) in [5.41, 5.74) is 9.77. The number of imidazole rings is 1. The van der Waals surface area contributed by atoms with E-state index in [1.54, 1.807) is 0 Å². The number of halogens is 2. The molecule has 0 spiro atoms. The van der Waals surface area contributed by atoms with Crippen LogP contribution in [0.5, 0.6) is 0 Å². The second-order valence-corrected chi connectivity index (χ2v) is 6.30. The van der Waals surface area contributed by atoms with Crippen molar-refractivity contribution in [3.05, 3.63) is 45.9 Å². The zero-order chi connectivity index (χ0) is 15.0. The van der Waals surface area contributed by atoms with Crippen molar-refractivity contribution in [3.8, 4) is 11.4 Å². The quantitative estimate of drug-likeness (QED) is 0.656. The third-order valence-corrected chi connectivity index (χ3v) is 4.14. The maximum absolute atomic E-state index is 6.14. The molecule has 5 heteroatoms. The molecule has 0 saturated heterocycles. The molecule has 0 amide bonds. The largest absolute Gasteiger partial charge is 0.398 e. The Morgan fingerprint density at radius 2 is 2.05 bits per heavy atom. The molecule has 1 heterocycles. The van der Waals surface area contributed by atoms with Crippen LogP contribution >= 0.6 is 27.5 Å². The highest BCUT2D eigenvalue weighted by molar-refractivity contribution is 9.10. The lowest BCUT2D eigenvalue weighted by Crippen LogP contribution is -2.01. The van der Waals surface area contributed by atoms with Gasteiger partial charge in [0.1, 0.15) is 5.82 Å². The summed E-state index contributed by atoms with van der Waals surface area (Å²) in [6, 6.07) is 11.6. The number of anilines is 1. The molecular weight excluding hydrogens is 350 g/mol. The van der Waals surface area contributed by atoms with Gasteiger partial charge in [0.05, 0.1) is 11.0 Å². The topological polar surface area (TPSA) is 43.8 Å². The molecule has 0 saturated carbocycles. The third-order valence-electron chi connectivity index (χ3n) is 3.41. The molecule has 1 aromatic heterocycles. The molecule has 3 nitrogen and oxygen atoms in total. The fourth-order valence-corrected chi connectivity index (χ4v) is 3.00. The van der Waals surface area contributed by atoms with Crippen LogP contribution in [0.2, 0.25) is 5.02 Å². The fourth-order valence-electron chi connectivity index (χ4n) is 2.47. The van der Waals surface area contributed by atoms with Gasteiger partial charge >= 0.3 is 0 Å². The Bertz CT molecular complexity index is 811. The Labute approximate surface area is 136 Å². The van der Waals surface area contributed by atoms with Gasteiger partial charge in [-0.2, -0.15) is 0 Å². The average molecular weight is 365 g/mol. The maximum atomic E-state index is 6.14. The first-order valence-electron chi connectivity index (χ1n) is 6.81. The van der Waals surface area contributed by atoms with Crippen LogP contribution in [0.1, 0.15) is 13.3 Å². The molecule has 0 aliphatic carbocycles. The second kappa shape index (κ2) is 5.70. The highest BCUT2D eigenvalue weighted by Crippen LogP contribution is 2.32. The molecule has 21 heavy (non-hydrogen) atoms. The zero-order valence-electron chi connectivity index (χ0n) is 11.6. The van der Waals surface area contributed by atoms with Crippen LogP contribution in [0.15, 0.2) is 40.9 Å². The lowest BCUT2D eigenvalue weighted by molar-refractivity contribution is 0.704. The molecule has 0 radical (unpaired) electrons. The fraction of sp³-hybridized carbons (Fsp3) is 0.188. The van der Waals surface area contributed by atoms with E-state index in [2.05, 4.69) is 27.4 Å². The Morgan fingerprint density at radius 1 is 1.24 bits per heavy atom. The standard InChI is InChI=1S/C16H15BrClN3/c1-2-7-21-15-9-11(18)4-6-14(15)20-16(21)12-8-10(17)3-5-13(12)19/h3-6,8-9H,2,7,19H2,1H3. The summed E-state index contributed by atoms with van der Waals surface area (Å²) < 4.78 is 3.17. The minimum absolute atomic E-state index is 0.716. The van der Waals surface area contributed by atoms with Crippen LogP contribution in [0, 0.1) is 0 Å². The molecule has 0 atom stereocenters. The van der Waals surface area contributed by atoms with Crippen molar-refractivity contribution < 1.29 is 0 Å². The maximum Gasteiger partial charge on any atom is 0.143 e. The van der Waals surface area contributed by atoms with Gasteiger partial charge in [0.2, 0.25) is 0 Å². The Balaban J connectivity index is 2.30. The molecule has 3 rings (SSSR count). The van der Waals surface area contributed by atoms with Crippen molar-refractivity contribution in [1.29, 1.82) is 0 Å². The van der Waals surface area contributed by atoms with Crippen LogP contribution in [0.4, 0.5) is 5.69 Å². The molecule has 2 N–H and O–H groups in total. The molecule has 0 bridgehead atoms. The van der Waals surface area contributed by atoms with E-state index in [1.807, 2.05) is 36.4 Å². The molecule has 0 unspecified atom stereocenters. The molecule has 0 fully saturated rings. The van der Waals surface area contributed by atoms with E-state index in [4.69, 9.17) is 22.3 Å². The van der Waals surface area contributed by atoms with Gasteiger partial charge in [-0.1, -0.05) is 34.5 Å². The number of hydrogen-bond donors (Lipinski definition) is 1. The van der Waals surface area contributed by atoms with Crippen LogP contribution in [-0.2, 0) is 6.54 Å².